The standard InChI is InChI=1S/C3H6F3NO.ClH/c4-3(5,6)1-2-8-7;/h1-2,7H2;1H. The molecule has 58 valence electrons. The summed E-state index contributed by atoms with van der Waals surface area (Å²) in [5.41, 5.74) is 0. The molecule has 2 N–H and O–H groups in total. The van der Waals surface area contributed by atoms with E-state index in [1.54, 1.807) is 0 Å². The van der Waals surface area contributed by atoms with Gasteiger partial charge in [0, 0.05) is 0 Å². The number of nitrogens with two attached hydrogens (primary N) is 1. The number of hydrogen-bond donors (Lipinski definition) is 1. The van der Waals surface area contributed by atoms with Crippen molar-refractivity contribution in [1.29, 1.82) is 0 Å². The van der Waals surface area contributed by atoms with Crippen LogP contribution in [0.25, 0.3) is 0 Å². The van der Waals surface area contributed by atoms with Gasteiger partial charge in [-0.15, -0.1) is 12.4 Å². The molecule has 2 nitrogen and oxygen atoms in total. The Balaban J connectivity index is 0. The van der Waals surface area contributed by atoms with Gasteiger partial charge in [-0.05, 0) is 0 Å². The molecule has 0 spiro atoms. The van der Waals surface area contributed by atoms with E-state index in [2.05, 4.69) is 10.7 Å². The molecule has 0 aromatic carbocycles. The molecule has 0 unspecified atom stereocenters. The molecule has 0 aliphatic heterocycles. The molecule has 0 rings (SSSR count). The van der Waals surface area contributed by atoms with E-state index in [4.69, 9.17) is 0 Å². The van der Waals surface area contributed by atoms with Gasteiger partial charge in [0.1, 0.15) is 0 Å². The lowest BCUT2D eigenvalue weighted by molar-refractivity contribution is -0.145. The summed E-state index contributed by atoms with van der Waals surface area (Å²) in [5, 5.41) is 0. The first-order valence-corrected chi connectivity index (χ1v) is 1.94. The van der Waals surface area contributed by atoms with Crippen molar-refractivity contribution < 1.29 is 18.0 Å². The summed E-state index contributed by atoms with van der Waals surface area (Å²) in [4.78, 5) is 3.70. The van der Waals surface area contributed by atoms with E-state index in [1.165, 1.54) is 0 Å². The van der Waals surface area contributed by atoms with Crippen LogP contribution in [-0.4, -0.2) is 12.8 Å². The number of alkyl halides is 3. The zero-order valence-electron chi connectivity index (χ0n) is 4.44. The Bertz CT molecular complexity index is 66.6. The first-order chi connectivity index (χ1) is 3.56. The minimum atomic E-state index is -4.15. The van der Waals surface area contributed by atoms with Crippen molar-refractivity contribution in [2.24, 2.45) is 5.90 Å². The Hall–Kier alpha value is -0.0000000000000000555. The molecule has 0 amide bonds. The Kier molecular flexibility index (Phi) is 6.32. The minimum absolute atomic E-state index is 0. The molecule has 0 radical (unpaired) electrons. The lowest BCUT2D eigenvalue weighted by atomic mass is 10.5. The third-order valence-electron chi connectivity index (χ3n) is 0.503. The first kappa shape index (κ1) is 11.8. The molecule has 0 saturated carbocycles. The van der Waals surface area contributed by atoms with Crippen LogP contribution in [0.5, 0.6) is 0 Å². The molecule has 0 aliphatic rings. The van der Waals surface area contributed by atoms with Crippen molar-refractivity contribution in [2.45, 2.75) is 12.6 Å². The minimum Gasteiger partial charge on any atom is -0.304 e. The summed E-state index contributed by atoms with van der Waals surface area (Å²) in [5.74, 6) is 4.34. The molecule has 0 bridgehead atoms. The third-order valence-corrected chi connectivity index (χ3v) is 0.503. The van der Waals surface area contributed by atoms with Crippen molar-refractivity contribution in [1.82, 2.24) is 0 Å². The van der Waals surface area contributed by atoms with Gasteiger partial charge in [-0.2, -0.15) is 13.2 Å². The zero-order chi connectivity index (χ0) is 6.62. The summed E-state index contributed by atoms with van der Waals surface area (Å²) >= 11 is 0. The van der Waals surface area contributed by atoms with E-state index < -0.39 is 19.2 Å². The molecule has 0 fully saturated rings. The normalized spacial score (nSPS) is 10.7. The highest BCUT2D eigenvalue weighted by Gasteiger charge is 2.26. The van der Waals surface area contributed by atoms with Crippen LogP contribution in [0.2, 0.25) is 0 Å². The molecule has 0 atom stereocenters. The maximum absolute atomic E-state index is 11.1. The van der Waals surface area contributed by atoms with Gasteiger partial charge < -0.3 is 4.84 Å². The van der Waals surface area contributed by atoms with Crippen molar-refractivity contribution in [3.05, 3.63) is 0 Å². The van der Waals surface area contributed by atoms with Gasteiger partial charge >= 0.3 is 6.18 Å². The first-order valence-electron chi connectivity index (χ1n) is 1.94. The smallest absolute Gasteiger partial charge is 0.304 e. The fraction of sp³-hybridized carbons (Fsp3) is 1.00. The van der Waals surface area contributed by atoms with Crippen molar-refractivity contribution in [3.8, 4) is 0 Å². The second-order valence-corrected chi connectivity index (χ2v) is 1.24. The van der Waals surface area contributed by atoms with Crippen LogP contribution in [0.15, 0.2) is 0 Å². The highest BCUT2D eigenvalue weighted by atomic mass is 35.5. The quantitative estimate of drug-likeness (QED) is 0.625. The van der Waals surface area contributed by atoms with E-state index in [-0.39, 0.29) is 12.4 Å². The van der Waals surface area contributed by atoms with Crippen LogP contribution in [-0.2, 0) is 4.84 Å². The van der Waals surface area contributed by atoms with Crippen LogP contribution >= 0.6 is 12.4 Å². The Labute approximate surface area is 56.5 Å². The lowest BCUT2D eigenvalue weighted by Crippen LogP contribution is -2.13. The third kappa shape index (κ3) is 11.5. The van der Waals surface area contributed by atoms with Gasteiger partial charge in [-0.1, -0.05) is 0 Å². The van der Waals surface area contributed by atoms with Crippen molar-refractivity contribution in [3.63, 3.8) is 0 Å². The maximum Gasteiger partial charge on any atom is 0.391 e. The van der Waals surface area contributed by atoms with Gasteiger partial charge in [-0.3, -0.25) is 0 Å². The fourth-order valence-corrected chi connectivity index (χ4v) is 0.175. The zero-order valence-corrected chi connectivity index (χ0v) is 5.26. The predicted molar refractivity (Wildman–Crippen MR) is 28.1 cm³/mol. The van der Waals surface area contributed by atoms with Gasteiger partial charge in [0.05, 0.1) is 13.0 Å². The van der Waals surface area contributed by atoms with E-state index >= 15 is 0 Å². The largest absolute Gasteiger partial charge is 0.391 e. The molecular formula is C3H7ClF3NO. The fourth-order valence-electron chi connectivity index (χ4n) is 0.175. The Morgan fingerprint density at radius 2 is 1.78 bits per heavy atom. The SMILES string of the molecule is Cl.NOCCC(F)(F)F. The number of rotatable bonds is 2. The summed E-state index contributed by atoms with van der Waals surface area (Å²) < 4.78 is 33.3. The highest BCUT2D eigenvalue weighted by molar-refractivity contribution is 5.85. The van der Waals surface area contributed by atoms with Crippen molar-refractivity contribution in [2.75, 3.05) is 6.61 Å². The van der Waals surface area contributed by atoms with Gasteiger partial charge in [0.25, 0.3) is 0 Å². The van der Waals surface area contributed by atoms with E-state index in [1.807, 2.05) is 0 Å². The van der Waals surface area contributed by atoms with Crippen LogP contribution < -0.4 is 5.90 Å². The van der Waals surface area contributed by atoms with Crippen LogP contribution in [0, 0.1) is 0 Å². The average molecular weight is 166 g/mol. The topological polar surface area (TPSA) is 35.2 Å². The van der Waals surface area contributed by atoms with E-state index in [0.29, 0.717) is 0 Å². The van der Waals surface area contributed by atoms with Crippen molar-refractivity contribution >= 4 is 12.4 Å². The van der Waals surface area contributed by atoms with Gasteiger partial charge in [0.2, 0.25) is 0 Å². The second kappa shape index (κ2) is 4.84. The maximum atomic E-state index is 11.1. The summed E-state index contributed by atoms with van der Waals surface area (Å²) in [6.45, 7) is -0.469. The summed E-state index contributed by atoms with van der Waals surface area (Å²) in [7, 11) is 0. The Morgan fingerprint density at radius 1 is 1.33 bits per heavy atom. The Morgan fingerprint density at radius 3 is 1.89 bits per heavy atom. The highest BCUT2D eigenvalue weighted by Crippen LogP contribution is 2.18. The average Bonchev–Trinajstić information content (AvgIpc) is 1.59. The van der Waals surface area contributed by atoms with Crippen LogP contribution in [0.3, 0.4) is 0 Å². The van der Waals surface area contributed by atoms with Gasteiger partial charge in [-0.25, -0.2) is 5.90 Å². The molecule has 0 saturated heterocycles. The summed E-state index contributed by atoms with van der Waals surface area (Å²) in [6, 6.07) is 0. The van der Waals surface area contributed by atoms with Crippen LogP contribution in [0.4, 0.5) is 13.2 Å². The molecule has 0 aliphatic carbocycles. The number of halogens is 4. The van der Waals surface area contributed by atoms with Gasteiger partial charge in [0.15, 0.2) is 0 Å². The summed E-state index contributed by atoms with van der Waals surface area (Å²) in [6.07, 6.45) is -5.14. The monoisotopic (exact) mass is 165 g/mol. The molecule has 9 heavy (non-hydrogen) atoms. The van der Waals surface area contributed by atoms with Crippen LogP contribution in [0.1, 0.15) is 6.42 Å². The molecular weight excluding hydrogens is 158 g/mol. The van der Waals surface area contributed by atoms with E-state index in [0.717, 1.165) is 0 Å². The van der Waals surface area contributed by atoms with E-state index in [9.17, 15) is 13.2 Å². The predicted octanol–water partition coefficient (Wildman–Crippen LogP) is 1.25. The lowest BCUT2D eigenvalue weighted by Gasteiger charge is -2.02. The molecule has 6 heteroatoms. The molecule has 0 heterocycles. The second-order valence-electron chi connectivity index (χ2n) is 1.24. The number of hydrogen-bond acceptors (Lipinski definition) is 2. The molecule has 0 aromatic heterocycles. The molecule has 0 aromatic rings.